The van der Waals surface area contributed by atoms with Gasteiger partial charge in [-0.15, -0.1) is 0 Å². The maximum atomic E-state index is 11.7. The summed E-state index contributed by atoms with van der Waals surface area (Å²) in [5.74, 6) is 0.186. The lowest BCUT2D eigenvalue weighted by atomic mass is 10.1. The van der Waals surface area contributed by atoms with Gasteiger partial charge in [0.05, 0.1) is 30.7 Å². The molecule has 0 saturated carbocycles. The van der Waals surface area contributed by atoms with Gasteiger partial charge in [0.15, 0.2) is 0 Å². The van der Waals surface area contributed by atoms with Gasteiger partial charge < -0.3 is 9.47 Å². The normalized spacial score (nSPS) is 10.3. The predicted molar refractivity (Wildman–Crippen MR) is 67.3 cm³/mol. The lowest BCUT2D eigenvalue weighted by molar-refractivity contribution is 0.0602. The lowest BCUT2D eigenvalue weighted by Crippen LogP contribution is -2.03. The van der Waals surface area contributed by atoms with Crippen molar-refractivity contribution in [3.8, 4) is 5.75 Å². The van der Waals surface area contributed by atoms with Crippen LogP contribution >= 0.6 is 15.9 Å². The highest BCUT2D eigenvalue weighted by Gasteiger charge is 2.16. The van der Waals surface area contributed by atoms with Crippen LogP contribution < -0.4 is 4.74 Å². The molecule has 0 atom stereocenters. The van der Waals surface area contributed by atoms with Gasteiger partial charge in [0, 0.05) is 10.7 Å². The quantitative estimate of drug-likeness (QED) is 0.800. The van der Waals surface area contributed by atoms with Crippen LogP contribution in [0.4, 0.5) is 0 Å². The molecule has 0 bridgehead atoms. The van der Waals surface area contributed by atoms with Crippen molar-refractivity contribution < 1.29 is 14.3 Å². The number of methoxy groups -OCH3 is 2. The molecule has 0 fully saturated rings. The zero-order valence-electron chi connectivity index (χ0n) is 9.36. The Bertz CT molecular complexity index is 583. The monoisotopic (exact) mass is 295 g/mol. The van der Waals surface area contributed by atoms with Gasteiger partial charge in [-0.2, -0.15) is 0 Å². The number of esters is 1. The summed E-state index contributed by atoms with van der Waals surface area (Å²) in [6, 6.07) is 5.22. The topological polar surface area (TPSA) is 48.4 Å². The number of nitrogens with zero attached hydrogens (tertiary/aromatic N) is 1. The molecule has 1 aromatic carbocycles. The molecule has 17 heavy (non-hydrogen) atoms. The van der Waals surface area contributed by atoms with Crippen LogP contribution in [0.3, 0.4) is 0 Å². The van der Waals surface area contributed by atoms with Crippen LogP contribution in [-0.4, -0.2) is 25.2 Å². The standard InChI is InChI=1S/C12H10BrNO3/c1-16-9-4-3-8(13)11-10(9)7(5-6-14-11)12(15)17-2/h3-6H,1-2H3. The first-order valence-electron chi connectivity index (χ1n) is 4.88. The van der Waals surface area contributed by atoms with E-state index in [1.807, 2.05) is 6.07 Å². The fraction of sp³-hybridized carbons (Fsp3) is 0.167. The van der Waals surface area contributed by atoms with Gasteiger partial charge in [0.1, 0.15) is 5.75 Å². The summed E-state index contributed by atoms with van der Waals surface area (Å²) in [5.41, 5.74) is 1.11. The second kappa shape index (κ2) is 4.71. The highest BCUT2D eigenvalue weighted by Crippen LogP contribution is 2.32. The van der Waals surface area contributed by atoms with Crippen LogP contribution in [-0.2, 0) is 4.74 Å². The summed E-state index contributed by atoms with van der Waals surface area (Å²) >= 11 is 3.40. The minimum atomic E-state index is -0.409. The second-order valence-electron chi connectivity index (χ2n) is 3.32. The van der Waals surface area contributed by atoms with Crippen LogP contribution in [0.15, 0.2) is 28.9 Å². The molecule has 4 nitrogen and oxygen atoms in total. The molecule has 0 radical (unpaired) electrons. The van der Waals surface area contributed by atoms with Gasteiger partial charge in [0.25, 0.3) is 0 Å². The fourth-order valence-corrected chi connectivity index (χ4v) is 2.09. The zero-order chi connectivity index (χ0) is 12.4. The van der Waals surface area contributed by atoms with E-state index in [4.69, 9.17) is 9.47 Å². The highest BCUT2D eigenvalue weighted by atomic mass is 79.9. The molecule has 0 unspecified atom stereocenters. The largest absolute Gasteiger partial charge is 0.496 e. The molecule has 0 saturated heterocycles. The van der Waals surface area contributed by atoms with Gasteiger partial charge in [-0.25, -0.2) is 4.79 Å². The summed E-state index contributed by atoms with van der Waals surface area (Å²) in [4.78, 5) is 15.9. The van der Waals surface area contributed by atoms with Gasteiger partial charge in [-0.1, -0.05) is 0 Å². The number of carbonyl (C=O) groups excluding carboxylic acids is 1. The number of carbonyl (C=O) groups is 1. The Morgan fingerprint density at radius 3 is 2.71 bits per heavy atom. The predicted octanol–water partition coefficient (Wildman–Crippen LogP) is 2.79. The maximum absolute atomic E-state index is 11.7. The van der Waals surface area contributed by atoms with Crippen molar-refractivity contribution in [1.29, 1.82) is 0 Å². The first-order chi connectivity index (χ1) is 8.19. The molecule has 1 heterocycles. The number of aromatic nitrogens is 1. The van der Waals surface area contributed by atoms with E-state index in [1.54, 1.807) is 25.4 Å². The van der Waals surface area contributed by atoms with Crippen molar-refractivity contribution in [1.82, 2.24) is 4.98 Å². The first kappa shape index (κ1) is 11.9. The Morgan fingerprint density at radius 2 is 2.06 bits per heavy atom. The van der Waals surface area contributed by atoms with E-state index in [0.29, 0.717) is 22.2 Å². The number of hydrogen-bond donors (Lipinski definition) is 0. The minimum Gasteiger partial charge on any atom is -0.496 e. The van der Waals surface area contributed by atoms with E-state index < -0.39 is 5.97 Å². The van der Waals surface area contributed by atoms with Gasteiger partial charge in [0.2, 0.25) is 0 Å². The van der Waals surface area contributed by atoms with Gasteiger partial charge >= 0.3 is 5.97 Å². The van der Waals surface area contributed by atoms with Gasteiger partial charge in [-0.05, 0) is 34.1 Å². The van der Waals surface area contributed by atoms with E-state index in [2.05, 4.69) is 20.9 Å². The third-order valence-corrected chi connectivity index (χ3v) is 3.07. The summed E-state index contributed by atoms with van der Waals surface area (Å²) in [5, 5.41) is 0.649. The molecule has 0 spiro atoms. The average Bonchev–Trinajstić information content (AvgIpc) is 2.38. The smallest absolute Gasteiger partial charge is 0.338 e. The number of ether oxygens (including phenoxy) is 2. The van der Waals surface area contributed by atoms with Crippen molar-refractivity contribution >= 4 is 32.8 Å². The number of pyridine rings is 1. The highest BCUT2D eigenvalue weighted by molar-refractivity contribution is 9.10. The summed E-state index contributed by atoms with van der Waals surface area (Å²) in [6.07, 6.45) is 1.57. The molecule has 0 amide bonds. The molecule has 0 N–H and O–H groups in total. The Kier molecular flexibility index (Phi) is 3.28. The number of hydrogen-bond acceptors (Lipinski definition) is 4. The molecule has 2 rings (SSSR count). The Morgan fingerprint density at radius 1 is 1.29 bits per heavy atom. The third kappa shape index (κ3) is 1.98. The molecule has 1 aromatic heterocycles. The van der Waals surface area contributed by atoms with Crippen LogP contribution in [0.1, 0.15) is 10.4 Å². The summed E-state index contributed by atoms with van der Waals surface area (Å²) in [7, 11) is 2.90. The van der Waals surface area contributed by atoms with Crippen molar-refractivity contribution in [3.05, 3.63) is 34.4 Å². The van der Waals surface area contributed by atoms with Crippen molar-refractivity contribution in [2.75, 3.05) is 14.2 Å². The number of fused-ring (bicyclic) bond motifs is 1. The van der Waals surface area contributed by atoms with Crippen LogP contribution in [0.25, 0.3) is 10.9 Å². The van der Waals surface area contributed by atoms with Crippen molar-refractivity contribution in [2.24, 2.45) is 0 Å². The van der Waals surface area contributed by atoms with E-state index in [1.165, 1.54) is 7.11 Å². The van der Waals surface area contributed by atoms with Crippen molar-refractivity contribution in [3.63, 3.8) is 0 Å². The van der Waals surface area contributed by atoms with E-state index >= 15 is 0 Å². The molecule has 0 aliphatic carbocycles. The third-order valence-electron chi connectivity index (χ3n) is 2.43. The summed E-state index contributed by atoms with van der Waals surface area (Å²) in [6.45, 7) is 0. The van der Waals surface area contributed by atoms with Crippen molar-refractivity contribution in [2.45, 2.75) is 0 Å². The number of rotatable bonds is 2. The molecule has 0 aliphatic heterocycles. The Labute approximate surface area is 107 Å². The van der Waals surface area contributed by atoms with Crippen LogP contribution in [0, 0.1) is 0 Å². The Balaban J connectivity index is 2.85. The molecular weight excluding hydrogens is 286 g/mol. The van der Waals surface area contributed by atoms with Crippen LogP contribution in [0.2, 0.25) is 0 Å². The summed E-state index contributed by atoms with van der Waals surface area (Å²) < 4.78 is 10.8. The molecule has 0 aliphatic rings. The number of halogens is 1. The van der Waals surface area contributed by atoms with E-state index in [9.17, 15) is 4.79 Å². The molecular formula is C12H10BrNO3. The first-order valence-corrected chi connectivity index (χ1v) is 5.68. The van der Waals surface area contributed by atoms with Gasteiger partial charge in [-0.3, -0.25) is 4.98 Å². The SMILES string of the molecule is COC(=O)c1ccnc2c(Br)ccc(OC)c12. The van der Waals surface area contributed by atoms with Crippen LogP contribution in [0.5, 0.6) is 5.75 Å². The zero-order valence-corrected chi connectivity index (χ0v) is 10.9. The Hall–Kier alpha value is -1.62. The van der Waals surface area contributed by atoms with E-state index in [-0.39, 0.29) is 0 Å². The minimum absolute atomic E-state index is 0.409. The number of benzene rings is 1. The molecule has 2 aromatic rings. The fourth-order valence-electron chi connectivity index (χ4n) is 1.65. The lowest BCUT2D eigenvalue weighted by Gasteiger charge is -2.09. The molecule has 5 heteroatoms. The second-order valence-corrected chi connectivity index (χ2v) is 4.18. The maximum Gasteiger partial charge on any atom is 0.338 e. The molecule has 88 valence electrons. The van der Waals surface area contributed by atoms with E-state index in [0.717, 1.165) is 4.47 Å². The average molecular weight is 296 g/mol.